The molecule has 2 aliphatic rings. The highest BCUT2D eigenvalue weighted by molar-refractivity contribution is 5.20. The van der Waals surface area contributed by atoms with Crippen LogP contribution in [0.5, 0.6) is 5.75 Å². The minimum atomic E-state index is 0.789. The molecule has 0 radical (unpaired) electrons. The van der Waals surface area contributed by atoms with Crippen molar-refractivity contribution >= 4 is 0 Å². The van der Waals surface area contributed by atoms with Gasteiger partial charge in [-0.3, -0.25) is 4.90 Å². The summed E-state index contributed by atoms with van der Waals surface area (Å²) in [5.74, 6) is 0.979. The highest BCUT2D eigenvalue weighted by Crippen LogP contribution is 2.18. The molecule has 0 amide bonds. The summed E-state index contributed by atoms with van der Waals surface area (Å²) in [6.07, 6.45) is 5.54. The molecule has 2 heterocycles. The Balaban J connectivity index is 1.28. The van der Waals surface area contributed by atoms with Crippen LogP contribution in [0.25, 0.3) is 0 Å². The Morgan fingerprint density at radius 1 is 0.917 bits per heavy atom. The predicted octanol–water partition coefficient (Wildman–Crippen LogP) is 2.56. The summed E-state index contributed by atoms with van der Waals surface area (Å²) < 4.78 is 5.81. The second-order valence-corrected chi connectivity index (χ2v) is 7.26. The molecular weight excluding hydrogens is 298 g/mol. The molecule has 2 fully saturated rings. The van der Waals surface area contributed by atoms with Crippen molar-refractivity contribution in [2.24, 2.45) is 0 Å². The number of nitrogens with zero attached hydrogens (tertiary/aromatic N) is 3. The standard InChI is InChI=1S/C20H33N3O/c1-21-11-6-5-7-19(21)10-12-22-13-15-23(16-14-22)17-18-24-20-8-3-2-4-9-20/h2-4,8-9,19H,5-7,10-18H2,1H3. The zero-order valence-electron chi connectivity index (χ0n) is 15.2. The van der Waals surface area contributed by atoms with E-state index in [0.29, 0.717) is 0 Å². The molecule has 4 heteroatoms. The molecule has 1 aromatic carbocycles. The van der Waals surface area contributed by atoms with E-state index in [2.05, 4.69) is 21.7 Å². The largest absolute Gasteiger partial charge is 0.492 e. The molecule has 0 aromatic heterocycles. The van der Waals surface area contributed by atoms with E-state index in [1.54, 1.807) is 0 Å². The summed E-state index contributed by atoms with van der Waals surface area (Å²) in [6, 6.07) is 10.9. The number of piperazine rings is 1. The van der Waals surface area contributed by atoms with Crippen molar-refractivity contribution < 1.29 is 4.74 Å². The molecule has 24 heavy (non-hydrogen) atoms. The van der Waals surface area contributed by atoms with Gasteiger partial charge >= 0.3 is 0 Å². The van der Waals surface area contributed by atoms with Crippen molar-refractivity contribution in [2.45, 2.75) is 31.7 Å². The van der Waals surface area contributed by atoms with Gasteiger partial charge in [-0.2, -0.15) is 0 Å². The molecule has 134 valence electrons. The van der Waals surface area contributed by atoms with Crippen LogP contribution in [0.15, 0.2) is 30.3 Å². The van der Waals surface area contributed by atoms with Crippen LogP contribution in [-0.4, -0.2) is 80.2 Å². The molecule has 0 N–H and O–H groups in total. The zero-order chi connectivity index (χ0) is 16.6. The number of hydrogen-bond acceptors (Lipinski definition) is 4. The maximum Gasteiger partial charge on any atom is 0.119 e. The minimum absolute atomic E-state index is 0.789. The maximum absolute atomic E-state index is 5.81. The molecule has 1 unspecified atom stereocenters. The molecule has 0 saturated carbocycles. The fourth-order valence-electron chi connectivity index (χ4n) is 3.89. The van der Waals surface area contributed by atoms with Gasteiger partial charge < -0.3 is 14.5 Å². The Hall–Kier alpha value is -1.10. The third-order valence-electron chi connectivity index (χ3n) is 5.58. The van der Waals surface area contributed by atoms with E-state index in [0.717, 1.165) is 24.9 Å². The molecule has 1 atom stereocenters. The lowest BCUT2D eigenvalue weighted by Crippen LogP contribution is -2.48. The van der Waals surface area contributed by atoms with Gasteiger partial charge in [-0.1, -0.05) is 24.6 Å². The molecule has 1 aromatic rings. The molecule has 2 aliphatic heterocycles. The van der Waals surface area contributed by atoms with E-state index in [1.807, 2.05) is 30.3 Å². The van der Waals surface area contributed by atoms with Gasteiger partial charge in [0.25, 0.3) is 0 Å². The van der Waals surface area contributed by atoms with Crippen LogP contribution < -0.4 is 4.74 Å². The number of likely N-dealkylation sites (tertiary alicyclic amines) is 1. The Kier molecular flexibility index (Phi) is 6.94. The number of piperidine rings is 1. The van der Waals surface area contributed by atoms with Gasteiger partial charge in [0, 0.05) is 38.8 Å². The summed E-state index contributed by atoms with van der Waals surface area (Å²) in [6.45, 7) is 9.16. The average molecular weight is 332 g/mol. The summed E-state index contributed by atoms with van der Waals surface area (Å²) in [5.41, 5.74) is 0. The lowest BCUT2D eigenvalue weighted by atomic mass is 10.00. The number of ether oxygens (including phenoxy) is 1. The third kappa shape index (κ3) is 5.47. The van der Waals surface area contributed by atoms with E-state index in [4.69, 9.17) is 4.74 Å². The van der Waals surface area contributed by atoms with Crippen molar-refractivity contribution in [2.75, 3.05) is 59.5 Å². The monoisotopic (exact) mass is 331 g/mol. The topological polar surface area (TPSA) is 19.0 Å². The summed E-state index contributed by atoms with van der Waals surface area (Å²) in [7, 11) is 2.30. The Morgan fingerprint density at radius 3 is 2.33 bits per heavy atom. The highest BCUT2D eigenvalue weighted by atomic mass is 16.5. The Morgan fingerprint density at radius 2 is 1.62 bits per heavy atom. The van der Waals surface area contributed by atoms with Crippen molar-refractivity contribution in [1.82, 2.24) is 14.7 Å². The first-order valence-corrected chi connectivity index (χ1v) is 9.64. The first-order valence-electron chi connectivity index (χ1n) is 9.64. The normalized spacial score (nSPS) is 24.1. The second-order valence-electron chi connectivity index (χ2n) is 7.26. The Bertz CT molecular complexity index is 459. The second kappa shape index (κ2) is 9.40. The van der Waals surface area contributed by atoms with Gasteiger partial charge in [0.05, 0.1) is 0 Å². The van der Waals surface area contributed by atoms with Gasteiger partial charge in [0.15, 0.2) is 0 Å². The minimum Gasteiger partial charge on any atom is -0.492 e. The number of benzene rings is 1. The molecule has 3 rings (SSSR count). The van der Waals surface area contributed by atoms with Crippen molar-refractivity contribution in [3.05, 3.63) is 30.3 Å². The molecule has 4 nitrogen and oxygen atoms in total. The van der Waals surface area contributed by atoms with Crippen LogP contribution in [0.4, 0.5) is 0 Å². The van der Waals surface area contributed by atoms with E-state index in [-0.39, 0.29) is 0 Å². The SMILES string of the molecule is CN1CCCCC1CCN1CCN(CCOc2ccccc2)CC1. The summed E-state index contributed by atoms with van der Waals surface area (Å²) in [5, 5.41) is 0. The van der Waals surface area contributed by atoms with Crippen molar-refractivity contribution in [3.8, 4) is 5.75 Å². The van der Waals surface area contributed by atoms with Crippen LogP contribution in [0.2, 0.25) is 0 Å². The first-order chi connectivity index (χ1) is 11.8. The van der Waals surface area contributed by atoms with Gasteiger partial charge in [-0.25, -0.2) is 0 Å². The van der Waals surface area contributed by atoms with Crippen LogP contribution >= 0.6 is 0 Å². The molecular formula is C20H33N3O. The van der Waals surface area contributed by atoms with Gasteiger partial charge in [-0.15, -0.1) is 0 Å². The maximum atomic E-state index is 5.81. The van der Waals surface area contributed by atoms with Crippen molar-refractivity contribution in [1.29, 1.82) is 0 Å². The first kappa shape index (κ1) is 17.7. The van der Waals surface area contributed by atoms with E-state index in [1.165, 1.54) is 65.0 Å². The highest BCUT2D eigenvalue weighted by Gasteiger charge is 2.21. The van der Waals surface area contributed by atoms with Gasteiger partial charge in [-0.05, 0) is 51.5 Å². The fraction of sp³-hybridized carbons (Fsp3) is 0.700. The zero-order valence-corrected chi connectivity index (χ0v) is 15.2. The van der Waals surface area contributed by atoms with Crippen LogP contribution in [-0.2, 0) is 0 Å². The molecule has 0 aliphatic carbocycles. The lowest BCUT2D eigenvalue weighted by Gasteiger charge is -2.37. The smallest absolute Gasteiger partial charge is 0.119 e. The fourth-order valence-corrected chi connectivity index (χ4v) is 3.89. The van der Waals surface area contributed by atoms with Crippen LogP contribution in [0.1, 0.15) is 25.7 Å². The van der Waals surface area contributed by atoms with E-state index < -0.39 is 0 Å². The summed E-state index contributed by atoms with van der Waals surface area (Å²) in [4.78, 5) is 7.75. The van der Waals surface area contributed by atoms with E-state index in [9.17, 15) is 0 Å². The summed E-state index contributed by atoms with van der Waals surface area (Å²) >= 11 is 0. The average Bonchev–Trinajstić information content (AvgIpc) is 2.63. The number of rotatable bonds is 7. The van der Waals surface area contributed by atoms with Crippen molar-refractivity contribution in [3.63, 3.8) is 0 Å². The predicted molar refractivity (Wildman–Crippen MR) is 99.7 cm³/mol. The number of para-hydroxylation sites is 1. The molecule has 2 saturated heterocycles. The van der Waals surface area contributed by atoms with Gasteiger partial charge in [0.2, 0.25) is 0 Å². The Labute approximate surface area is 147 Å². The van der Waals surface area contributed by atoms with E-state index >= 15 is 0 Å². The lowest BCUT2D eigenvalue weighted by molar-refractivity contribution is 0.100. The molecule has 0 spiro atoms. The van der Waals surface area contributed by atoms with Crippen LogP contribution in [0.3, 0.4) is 0 Å². The van der Waals surface area contributed by atoms with Gasteiger partial charge in [0.1, 0.15) is 12.4 Å². The molecule has 0 bridgehead atoms. The number of hydrogen-bond donors (Lipinski definition) is 0. The third-order valence-corrected chi connectivity index (χ3v) is 5.58. The quantitative estimate of drug-likeness (QED) is 0.764. The van der Waals surface area contributed by atoms with Crippen LogP contribution in [0, 0.1) is 0 Å².